The molecule has 0 aliphatic rings. The molecule has 0 aliphatic carbocycles. The van der Waals surface area contributed by atoms with E-state index >= 15 is 0 Å². The molecule has 1 amide bonds. The second-order valence-corrected chi connectivity index (χ2v) is 5.54. The lowest BCUT2D eigenvalue weighted by Crippen LogP contribution is -2.18. The van der Waals surface area contributed by atoms with Gasteiger partial charge < -0.3 is 9.47 Å². The van der Waals surface area contributed by atoms with Crippen molar-refractivity contribution in [1.29, 1.82) is 0 Å². The first-order valence-electron chi connectivity index (χ1n) is 6.32. The fourth-order valence-corrected chi connectivity index (χ4v) is 2.62. The number of H-pyrrole nitrogens is 1. The molecule has 1 aromatic carbocycles. The molecule has 0 spiro atoms. The Balaban J connectivity index is 2.10. The first-order valence-corrected chi connectivity index (χ1v) is 7.40. The fraction of sp³-hybridized carbons (Fsp3) is 0.214. The Bertz CT molecular complexity index is 712. The minimum atomic E-state index is -0.379. The molecule has 1 aromatic heterocycles. The van der Waals surface area contributed by atoms with Crippen LogP contribution in [0.5, 0.6) is 11.5 Å². The van der Waals surface area contributed by atoms with Gasteiger partial charge in [0.2, 0.25) is 0 Å². The maximum Gasteiger partial charge on any atom is 0.291 e. The number of hydrogen-bond acceptors (Lipinski definition) is 5. The van der Waals surface area contributed by atoms with Crippen molar-refractivity contribution < 1.29 is 14.3 Å². The SMILES string of the molecule is COc1cc(/C=N/NC(=O)c2cc(C)[nH]n2)cc(I)c1OC. The van der Waals surface area contributed by atoms with Gasteiger partial charge in [-0.05, 0) is 53.3 Å². The van der Waals surface area contributed by atoms with E-state index in [9.17, 15) is 4.79 Å². The van der Waals surface area contributed by atoms with Gasteiger partial charge in [0.15, 0.2) is 17.2 Å². The van der Waals surface area contributed by atoms with Crippen LogP contribution in [0, 0.1) is 10.5 Å². The summed E-state index contributed by atoms with van der Waals surface area (Å²) in [5.41, 5.74) is 4.30. The van der Waals surface area contributed by atoms with Gasteiger partial charge in [-0.15, -0.1) is 0 Å². The van der Waals surface area contributed by atoms with Gasteiger partial charge in [0.1, 0.15) is 0 Å². The van der Waals surface area contributed by atoms with Crippen LogP contribution in [0.4, 0.5) is 0 Å². The van der Waals surface area contributed by atoms with Gasteiger partial charge in [-0.25, -0.2) is 5.43 Å². The summed E-state index contributed by atoms with van der Waals surface area (Å²) in [6, 6.07) is 5.29. The van der Waals surface area contributed by atoms with E-state index in [2.05, 4.69) is 43.3 Å². The molecular formula is C14H15IN4O3. The second-order valence-electron chi connectivity index (χ2n) is 4.37. The molecule has 0 radical (unpaired) electrons. The Morgan fingerprint density at radius 1 is 1.36 bits per heavy atom. The van der Waals surface area contributed by atoms with Crippen LogP contribution in [0.25, 0.3) is 0 Å². The van der Waals surface area contributed by atoms with Crippen LogP contribution in [-0.2, 0) is 0 Å². The summed E-state index contributed by atoms with van der Waals surface area (Å²) in [6.45, 7) is 1.82. The number of rotatable bonds is 5. The predicted molar refractivity (Wildman–Crippen MR) is 90.6 cm³/mol. The number of halogens is 1. The monoisotopic (exact) mass is 414 g/mol. The van der Waals surface area contributed by atoms with Crippen molar-refractivity contribution in [3.8, 4) is 11.5 Å². The molecule has 7 nitrogen and oxygen atoms in total. The Morgan fingerprint density at radius 3 is 2.73 bits per heavy atom. The third kappa shape index (κ3) is 3.75. The number of hydrogen-bond donors (Lipinski definition) is 2. The Morgan fingerprint density at radius 2 is 2.14 bits per heavy atom. The standard InChI is InChI=1S/C14H15IN4O3/c1-8-4-11(18-17-8)14(20)19-16-7-9-5-10(15)13(22-3)12(6-9)21-2/h4-7H,1-3H3,(H,17,18)(H,19,20)/b16-7+. The number of ether oxygens (including phenoxy) is 2. The van der Waals surface area contributed by atoms with Gasteiger partial charge >= 0.3 is 0 Å². The first-order chi connectivity index (χ1) is 10.5. The molecule has 0 saturated heterocycles. The van der Waals surface area contributed by atoms with Gasteiger partial charge in [0, 0.05) is 5.69 Å². The molecule has 1 heterocycles. The maximum absolute atomic E-state index is 11.8. The Hall–Kier alpha value is -2.10. The highest BCUT2D eigenvalue weighted by Crippen LogP contribution is 2.32. The number of carbonyl (C=O) groups excluding carboxylic acids is 1. The number of aryl methyl sites for hydroxylation is 1. The van der Waals surface area contributed by atoms with Crippen LogP contribution in [0.1, 0.15) is 21.7 Å². The van der Waals surface area contributed by atoms with Gasteiger partial charge in [0.05, 0.1) is 24.0 Å². The first kappa shape index (κ1) is 16.3. The molecule has 22 heavy (non-hydrogen) atoms. The molecule has 0 unspecified atom stereocenters. The molecule has 0 aliphatic heterocycles. The van der Waals surface area contributed by atoms with Crippen molar-refractivity contribution in [2.45, 2.75) is 6.92 Å². The van der Waals surface area contributed by atoms with E-state index in [1.165, 1.54) is 6.21 Å². The zero-order valence-electron chi connectivity index (χ0n) is 12.3. The summed E-state index contributed by atoms with van der Waals surface area (Å²) in [5, 5.41) is 10.5. The number of aromatic nitrogens is 2. The van der Waals surface area contributed by atoms with Crippen molar-refractivity contribution in [3.63, 3.8) is 0 Å². The van der Waals surface area contributed by atoms with Crippen molar-refractivity contribution in [3.05, 3.63) is 38.7 Å². The molecule has 2 rings (SSSR count). The average molecular weight is 414 g/mol. The summed E-state index contributed by atoms with van der Waals surface area (Å²) in [5.74, 6) is 0.886. The third-order valence-corrected chi connectivity index (χ3v) is 3.58. The topological polar surface area (TPSA) is 88.6 Å². The zero-order valence-corrected chi connectivity index (χ0v) is 14.5. The van der Waals surface area contributed by atoms with Crippen molar-refractivity contribution in [2.24, 2.45) is 5.10 Å². The van der Waals surface area contributed by atoms with Crippen LogP contribution in [-0.4, -0.2) is 36.5 Å². The molecule has 2 N–H and O–H groups in total. The van der Waals surface area contributed by atoms with Gasteiger partial charge in [-0.3, -0.25) is 9.89 Å². The van der Waals surface area contributed by atoms with Crippen molar-refractivity contribution >= 4 is 34.7 Å². The van der Waals surface area contributed by atoms with Gasteiger partial charge in [-0.1, -0.05) is 0 Å². The Kier molecular flexibility index (Phi) is 5.36. The lowest BCUT2D eigenvalue weighted by atomic mass is 10.2. The molecule has 0 fully saturated rings. The van der Waals surface area contributed by atoms with Crippen molar-refractivity contribution in [1.82, 2.24) is 15.6 Å². The predicted octanol–water partition coefficient (Wildman–Crippen LogP) is 2.10. The molecular weight excluding hydrogens is 399 g/mol. The van der Waals surface area contributed by atoms with Gasteiger partial charge in [0.25, 0.3) is 5.91 Å². The zero-order chi connectivity index (χ0) is 16.1. The minimum absolute atomic E-state index is 0.288. The number of nitrogens with zero attached hydrogens (tertiary/aromatic N) is 2. The lowest BCUT2D eigenvalue weighted by molar-refractivity contribution is 0.0950. The summed E-state index contributed by atoms with van der Waals surface area (Å²) in [6.07, 6.45) is 1.53. The summed E-state index contributed by atoms with van der Waals surface area (Å²) in [4.78, 5) is 11.8. The highest BCUT2D eigenvalue weighted by atomic mass is 127. The quantitative estimate of drug-likeness (QED) is 0.446. The number of aromatic amines is 1. The number of hydrazone groups is 1. The number of carbonyl (C=O) groups is 1. The van der Waals surface area contributed by atoms with E-state index in [-0.39, 0.29) is 11.6 Å². The van der Waals surface area contributed by atoms with E-state index in [0.717, 1.165) is 14.8 Å². The number of nitrogens with one attached hydrogen (secondary N) is 2. The van der Waals surface area contributed by atoms with E-state index in [4.69, 9.17) is 9.47 Å². The lowest BCUT2D eigenvalue weighted by Gasteiger charge is -2.10. The van der Waals surface area contributed by atoms with Crippen LogP contribution in [0.2, 0.25) is 0 Å². The van der Waals surface area contributed by atoms with E-state index in [1.54, 1.807) is 26.4 Å². The number of amides is 1. The summed E-state index contributed by atoms with van der Waals surface area (Å²) in [7, 11) is 3.15. The molecule has 0 bridgehead atoms. The second kappa shape index (κ2) is 7.25. The number of methoxy groups -OCH3 is 2. The highest BCUT2D eigenvalue weighted by Gasteiger charge is 2.10. The normalized spacial score (nSPS) is 10.7. The Labute approximate surface area is 141 Å². The van der Waals surface area contributed by atoms with E-state index < -0.39 is 0 Å². The van der Waals surface area contributed by atoms with E-state index in [0.29, 0.717) is 11.5 Å². The van der Waals surface area contributed by atoms with Gasteiger partial charge in [-0.2, -0.15) is 10.2 Å². The maximum atomic E-state index is 11.8. The number of benzene rings is 1. The molecule has 2 aromatic rings. The molecule has 116 valence electrons. The third-order valence-electron chi connectivity index (χ3n) is 2.77. The summed E-state index contributed by atoms with van der Waals surface area (Å²) < 4.78 is 11.4. The highest BCUT2D eigenvalue weighted by molar-refractivity contribution is 14.1. The van der Waals surface area contributed by atoms with E-state index in [1.807, 2.05) is 13.0 Å². The van der Waals surface area contributed by atoms with Crippen LogP contribution in [0.3, 0.4) is 0 Å². The van der Waals surface area contributed by atoms with Crippen molar-refractivity contribution in [2.75, 3.05) is 14.2 Å². The largest absolute Gasteiger partial charge is 0.493 e. The minimum Gasteiger partial charge on any atom is -0.493 e. The van der Waals surface area contributed by atoms with Crippen LogP contribution >= 0.6 is 22.6 Å². The molecule has 0 saturated carbocycles. The molecule has 0 atom stereocenters. The molecule has 8 heteroatoms. The van der Waals surface area contributed by atoms with Crippen LogP contribution in [0.15, 0.2) is 23.3 Å². The average Bonchev–Trinajstić information content (AvgIpc) is 2.93. The fourth-order valence-electron chi connectivity index (χ4n) is 1.77. The summed E-state index contributed by atoms with van der Waals surface area (Å²) >= 11 is 2.14. The van der Waals surface area contributed by atoms with Crippen LogP contribution < -0.4 is 14.9 Å². The smallest absolute Gasteiger partial charge is 0.291 e.